The average molecular weight is 409 g/mol. The molecule has 1 saturated carbocycles. The summed E-state index contributed by atoms with van der Waals surface area (Å²) >= 11 is 3.46. The van der Waals surface area contributed by atoms with Crippen LogP contribution in [0.3, 0.4) is 0 Å². The third kappa shape index (κ3) is 3.81. The van der Waals surface area contributed by atoms with Gasteiger partial charge in [-0.3, -0.25) is 0 Å². The van der Waals surface area contributed by atoms with Crippen molar-refractivity contribution in [2.75, 3.05) is 7.11 Å². The second-order valence-electron chi connectivity index (χ2n) is 6.27. The van der Waals surface area contributed by atoms with Crippen molar-refractivity contribution in [3.8, 4) is 5.75 Å². The summed E-state index contributed by atoms with van der Waals surface area (Å²) in [5.41, 5.74) is 1.58. The zero-order valence-corrected chi connectivity index (χ0v) is 15.8. The molecular weight excluding hydrogens is 388 g/mol. The smallest absolute Gasteiger partial charge is 0.337 e. The van der Waals surface area contributed by atoms with Gasteiger partial charge < -0.3 is 20.1 Å². The predicted molar refractivity (Wildman–Crippen MR) is 96.2 cm³/mol. The molecule has 3 rings (SSSR count). The van der Waals surface area contributed by atoms with E-state index in [1.165, 1.54) is 7.11 Å². The predicted octanol–water partition coefficient (Wildman–Crippen LogP) is 3.57. The number of esters is 1. The topological polar surface area (TPSA) is 76.7 Å². The van der Waals surface area contributed by atoms with Crippen LogP contribution in [0.15, 0.2) is 33.9 Å². The first-order valence-electron chi connectivity index (χ1n) is 8.32. The number of benzene rings is 1. The van der Waals surface area contributed by atoms with E-state index in [9.17, 15) is 9.59 Å². The highest BCUT2D eigenvalue weighted by Gasteiger charge is 2.34. The van der Waals surface area contributed by atoms with Crippen molar-refractivity contribution in [2.24, 2.45) is 0 Å². The molecule has 7 heteroatoms. The zero-order valence-electron chi connectivity index (χ0n) is 14.2. The Morgan fingerprint density at radius 1 is 1.28 bits per heavy atom. The SMILES string of the molecule is COC(=O)C1=C(C)NC(=O)N[C@H]1c1cc(Br)ccc1OC1CCCC1. The van der Waals surface area contributed by atoms with Gasteiger partial charge in [0.2, 0.25) is 0 Å². The Morgan fingerprint density at radius 3 is 2.68 bits per heavy atom. The highest BCUT2D eigenvalue weighted by molar-refractivity contribution is 9.10. The maximum atomic E-state index is 12.3. The molecule has 1 fully saturated rings. The Bertz CT molecular complexity index is 726. The number of hydrogen-bond acceptors (Lipinski definition) is 4. The van der Waals surface area contributed by atoms with Gasteiger partial charge in [-0.25, -0.2) is 9.59 Å². The molecule has 134 valence electrons. The first-order valence-corrected chi connectivity index (χ1v) is 9.11. The summed E-state index contributed by atoms with van der Waals surface area (Å²) in [7, 11) is 1.33. The largest absolute Gasteiger partial charge is 0.490 e. The maximum Gasteiger partial charge on any atom is 0.337 e. The van der Waals surface area contributed by atoms with E-state index in [-0.39, 0.29) is 12.1 Å². The van der Waals surface area contributed by atoms with E-state index in [1.807, 2.05) is 18.2 Å². The second kappa shape index (κ2) is 7.47. The van der Waals surface area contributed by atoms with Gasteiger partial charge in [0.1, 0.15) is 5.75 Å². The Balaban J connectivity index is 2.02. The number of hydrogen-bond donors (Lipinski definition) is 2. The molecular formula is C18H21BrN2O4. The number of rotatable bonds is 4. The molecule has 2 amide bonds. The number of amides is 2. The Morgan fingerprint density at radius 2 is 2.00 bits per heavy atom. The highest BCUT2D eigenvalue weighted by Crippen LogP contribution is 2.37. The van der Waals surface area contributed by atoms with Crippen LogP contribution in [0.1, 0.15) is 44.2 Å². The Kier molecular flexibility index (Phi) is 5.32. The molecule has 1 atom stereocenters. The van der Waals surface area contributed by atoms with Gasteiger partial charge in [0.15, 0.2) is 0 Å². The van der Waals surface area contributed by atoms with Gasteiger partial charge in [-0.15, -0.1) is 0 Å². The molecule has 0 saturated heterocycles. The fourth-order valence-electron chi connectivity index (χ4n) is 3.35. The summed E-state index contributed by atoms with van der Waals surface area (Å²) in [5.74, 6) is 0.193. The van der Waals surface area contributed by atoms with Crippen molar-refractivity contribution in [1.29, 1.82) is 0 Å². The van der Waals surface area contributed by atoms with Gasteiger partial charge in [0.05, 0.1) is 24.8 Å². The molecule has 1 aromatic rings. The zero-order chi connectivity index (χ0) is 18.0. The van der Waals surface area contributed by atoms with Crippen LogP contribution in [-0.2, 0) is 9.53 Å². The lowest BCUT2D eigenvalue weighted by molar-refractivity contribution is -0.136. The minimum absolute atomic E-state index is 0.170. The average Bonchev–Trinajstić information content (AvgIpc) is 3.08. The van der Waals surface area contributed by atoms with Crippen molar-refractivity contribution in [2.45, 2.75) is 44.8 Å². The fourth-order valence-corrected chi connectivity index (χ4v) is 3.72. The lowest BCUT2D eigenvalue weighted by Crippen LogP contribution is -2.45. The van der Waals surface area contributed by atoms with Gasteiger partial charge in [-0.2, -0.15) is 0 Å². The number of methoxy groups -OCH3 is 1. The molecule has 0 radical (unpaired) electrons. The fraction of sp³-hybridized carbons (Fsp3) is 0.444. The van der Waals surface area contributed by atoms with Gasteiger partial charge in [-0.1, -0.05) is 15.9 Å². The first-order chi connectivity index (χ1) is 12.0. The number of ether oxygens (including phenoxy) is 2. The monoisotopic (exact) mass is 408 g/mol. The minimum Gasteiger partial charge on any atom is -0.490 e. The lowest BCUT2D eigenvalue weighted by atomic mass is 9.95. The van der Waals surface area contributed by atoms with E-state index in [4.69, 9.17) is 9.47 Å². The lowest BCUT2D eigenvalue weighted by Gasteiger charge is -2.29. The molecule has 0 bridgehead atoms. The van der Waals surface area contributed by atoms with Crippen molar-refractivity contribution in [3.63, 3.8) is 0 Å². The van der Waals surface area contributed by atoms with Gasteiger partial charge >= 0.3 is 12.0 Å². The summed E-state index contributed by atoms with van der Waals surface area (Å²) in [6, 6.07) is 4.65. The molecule has 0 unspecified atom stereocenters. The Hall–Kier alpha value is -2.02. The van der Waals surface area contributed by atoms with Crippen molar-refractivity contribution < 1.29 is 19.1 Å². The molecule has 1 aliphatic heterocycles. The number of carbonyl (C=O) groups excluding carboxylic acids is 2. The third-order valence-corrected chi connectivity index (χ3v) is 5.05. The van der Waals surface area contributed by atoms with Crippen LogP contribution in [0.25, 0.3) is 0 Å². The highest BCUT2D eigenvalue weighted by atomic mass is 79.9. The van der Waals surface area contributed by atoms with Gasteiger partial charge in [-0.05, 0) is 50.8 Å². The third-order valence-electron chi connectivity index (χ3n) is 4.55. The number of halogens is 1. The standard InChI is InChI=1S/C18H21BrN2O4/c1-10-15(17(22)24-2)16(21-18(23)20-10)13-9-11(19)7-8-14(13)25-12-5-3-4-6-12/h7-9,12,16H,3-6H2,1-2H3,(H2,20,21,23)/t16-/m0/s1. The van der Waals surface area contributed by atoms with E-state index in [0.29, 0.717) is 17.0 Å². The Labute approximate surface area is 155 Å². The van der Waals surface area contributed by atoms with Gasteiger partial charge in [0.25, 0.3) is 0 Å². The molecule has 6 nitrogen and oxygen atoms in total. The van der Waals surface area contributed by atoms with Gasteiger partial charge in [0, 0.05) is 15.7 Å². The van der Waals surface area contributed by atoms with Crippen LogP contribution in [0, 0.1) is 0 Å². The van der Waals surface area contributed by atoms with Crippen LogP contribution < -0.4 is 15.4 Å². The van der Waals surface area contributed by atoms with Crippen LogP contribution in [-0.4, -0.2) is 25.2 Å². The molecule has 2 aliphatic rings. The van der Waals surface area contributed by atoms with E-state index in [0.717, 1.165) is 35.7 Å². The summed E-state index contributed by atoms with van der Waals surface area (Å²) in [4.78, 5) is 24.3. The molecule has 25 heavy (non-hydrogen) atoms. The van der Waals surface area contributed by atoms with Crippen LogP contribution in [0.2, 0.25) is 0 Å². The molecule has 0 aromatic heterocycles. The maximum absolute atomic E-state index is 12.3. The first kappa shape index (κ1) is 17.8. The van der Waals surface area contributed by atoms with Crippen molar-refractivity contribution in [3.05, 3.63) is 39.5 Å². The summed E-state index contributed by atoms with van der Waals surface area (Å²) in [6.07, 6.45) is 4.53. The molecule has 1 heterocycles. The van der Waals surface area contributed by atoms with E-state index >= 15 is 0 Å². The minimum atomic E-state index is -0.630. The molecule has 1 aromatic carbocycles. The van der Waals surface area contributed by atoms with Crippen molar-refractivity contribution in [1.82, 2.24) is 10.6 Å². The molecule has 1 aliphatic carbocycles. The normalized spacial score (nSPS) is 20.9. The number of allylic oxidation sites excluding steroid dienone is 1. The van der Waals surface area contributed by atoms with E-state index < -0.39 is 12.0 Å². The van der Waals surface area contributed by atoms with Crippen LogP contribution in [0.5, 0.6) is 5.75 Å². The second-order valence-corrected chi connectivity index (χ2v) is 7.18. The summed E-state index contributed by atoms with van der Waals surface area (Å²) in [6.45, 7) is 1.69. The summed E-state index contributed by atoms with van der Waals surface area (Å²) in [5, 5.41) is 5.44. The number of carbonyl (C=O) groups is 2. The van der Waals surface area contributed by atoms with E-state index in [1.54, 1.807) is 6.92 Å². The van der Waals surface area contributed by atoms with Crippen LogP contribution >= 0.6 is 15.9 Å². The number of urea groups is 1. The number of nitrogens with one attached hydrogen (secondary N) is 2. The summed E-state index contributed by atoms with van der Waals surface area (Å²) < 4.78 is 11.9. The van der Waals surface area contributed by atoms with Crippen LogP contribution in [0.4, 0.5) is 4.79 Å². The van der Waals surface area contributed by atoms with E-state index in [2.05, 4.69) is 26.6 Å². The molecule has 2 N–H and O–H groups in total. The molecule has 0 spiro atoms. The quantitative estimate of drug-likeness (QED) is 0.746. The van der Waals surface area contributed by atoms with Crippen molar-refractivity contribution >= 4 is 27.9 Å².